The van der Waals surface area contributed by atoms with E-state index in [0.717, 1.165) is 19.3 Å². The van der Waals surface area contributed by atoms with E-state index in [2.05, 4.69) is 42.9 Å². The highest BCUT2D eigenvalue weighted by Crippen LogP contribution is 2.24. The van der Waals surface area contributed by atoms with Crippen LogP contribution in [-0.4, -0.2) is 90.5 Å². The second kappa shape index (κ2) is 16.8. The summed E-state index contributed by atoms with van der Waals surface area (Å²) in [6.07, 6.45) is 5.71. The highest BCUT2D eigenvalue weighted by atomic mass is 16.6. The lowest BCUT2D eigenvalue weighted by molar-refractivity contribution is -0.174. The molecule has 1 aliphatic heterocycles. The van der Waals surface area contributed by atoms with Crippen LogP contribution in [0.2, 0.25) is 0 Å². The predicted octanol–water partition coefficient (Wildman–Crippen LogP) is 0.905. The minimum atomic E-state index is -2.05. The van der Waals surface area contributed by atoms with Gasteiger partial charge in [-0.2, -0.15) is 0 Å². The summed E-state index contributed by atoms with van der Waals surface area (Å²) in [4.78, 5) is 11.3. The lowest BCUT2D eigenvalue weighted by Gasteiger charge is -2.33. The molecule has 0 aromatic rings. The monoisotopic (exact) mass is 512 g/mol. The molecular formula is C27H44O9. The standard InChI is InChI=1S/C27H44O9/c1-17(2)15-13-11-9-7-5-4-6-8-10-12-14-16-18(3)19(28)20(29)21(30)22(31)23(32)26-24(33)25(34)27(35)36-26/h5,7-12,14,17-26,28-34H,4,6,13,15-16H2,1-3H3/b7-5-,10-8+,11-9+,14-12+. The van der Waals surface area contributed by atoms with Crippen LogP contribution in [0.25, 0.3) is 0 Å². The average Bonchev–Trinajstić information content (AvgIpc) is 3.11. The normalized spacial score (nSPS) is 26.3. The molecule has 0 aliphatic carbocycles. The number of allylic oxidation sites excluding steroid dienone is 8. The molecule has 1 saturated heterocycles. The van der Waals surface area contributed by atoms with Gasteiger partial charge in [-0.1, -0.05) is 69.4 Å². The molecule has 1 rings (SSSR count). The molecule has 206 valence electrons. The maximum atomic E-state index is 11.3. The first-order valence-corrected chi connectivity index (χ1v) is 12.6. The van der Waals surface area contributed by atoms with E-state index in [1.165, 1.54) is 6.42 Å². The topological polar surface area (TPSA) is 168 Å². The average molecular weight is 513 g/mol. The van der Waals surface area contributed by atoms with Gasteiger partial charge in [-0.3, -0.25) is 0 Å². The van der Waals surface area contributed by atoms with Gasteiger partial charge in [0.1, 0.15) is 30.5 Å². The van der Waals surface area contributed by atoms with E-state index in [9.17, 15) is 40.5 Å². The summed E-state index contributed by atoms with van der Waals surface area (Å²) < 4.78 is 4.61. The van der Waals surface area contributed by atoms with Crippen molar-refractivity contribution in [1.29, 1.82) is 0 Å². The van der Waals surface area contributed by atoms with Crippen LogP contribution in [0.1, 0.15) is 52.9 Å². The number of aliphatic hydroxyl groups excluding tert-OH is 7. The number of carbonyl (C=O) groups is 1. The van der Waals surface area contributed by atoms with Crippen molar-refractivity contribution in [2.75, 3.05) is 0 Å². The Kier molecular flexibility index (Phi) is 15.0. The lowest BCUT2D eigenvalue weighted by atomic mass is 9.89. The van der Waals surface area contributed by atoms with Crippen LogP contribution >= 0.6 is 0 Å². The van der Waals surface area contributed by atoms with Gasteiger partial charge in [0.15, 0.2) is 12.2 Å². The molecule has 9 heteroatoms. The van der Waals surface area contributed by atoms with Gasteiger partial charge in [0.05, 0.1) is 6.10 Å². The van der Waals surface area contributed by atoms with Gasteiger partial charge in [-0.25, -0.2) is 4.79 Å². The third-order valence-electron chi connectivity index (χ3n) is 6.16. The van der Waals surface area contributed by atoms with Crippen LogP contribution in [0.15, 0.2) is 48.6 Å². The van der Waals surface area contributed by atoms with Crippen molar-refractivity contribution in [1.82, 2.24) is 0 Å². The van der Waals surface area contributed by atoms with Crippen LogP contribution in [0.4, 0.5) is 0 Å². The Hall–Kier alpha value is -1.85. The fraction of sp³-hybridized carbons (Fsp3) is 0.667. The second-order valence-corrected chi connectivity index (χ2v) is 9.76. The highest BCUT2D eigenvalue weighted by molar-refractivity contribution is 5.77. The molecule has 7 N–H and O–H groups in total. The number of rotatable bonds is 16. The van der Waals surface area contributed by atoms with Crippen LogP contribution in [-0.2, 0) is 9.53 Å². The number of hydrogen-bond acceptors (Lipinski definition) is 9. The van der Waals surface area contributed by atoms with Gasteiger partial charge < -0.3 is 40.5 Å². The van der Waals surface area contributed by atoms with E-state index in [1.807, 2.05) is 18.2 Å². The Labute approximate surface area is 213 Å². The molecule has 1 fully saturated rings. The Morgan fingerprint density at radius 2 is 1.25 bits per heavy atom. The number of aliphatic hydroxyl groups is 7. The molecule has 0 saturated carbocycles. The van der Waals surface area contributed by atoms with E-state index in [-0.39, 0.29) is 0 Å². The Balaban J connectivity index is 2.38. The van der Waals surface area contributed by atoms with Crippen molar-refractivity contribution in [3.05, 3.63) is 48.6 Å². The minimum Gasteiger partial charge on any atom is -0.455 e. The summed E-state index contributed by atoms with van der Waals surface area (Å²) in [5.74, 6) is -0.958. The highest BCUT2D eigenvalue weighted by Gasteiger charge is 2.50. The minimum absolute atomic E-state index is 0.375. The molecule has 9 unspecified atom stereocenters. The van der Waals surface area contributed by atoms with Crippen molar-refractivity contribution in [2.45, 2.75) is 102 Å². The van der Waals surface area contributed by atoms with Crippen molar-refractivity contribution >= 4 is 5.97 Å². The Morgan fingerprint density at radius 1 is 0.750 bits per heavy atom. The van der Waals surface area contributed by atoms with Crippen LogP contribution in [0, 0.1) is 11.8 Å². The number of cyclic esters (lactones) is 1. The van der Waals surface area contributed by atoms with E-state index >= 15 is 0 Å². The van der Waals surface area contributed by atoms with Gasteiger partial charge in [0.2, 0.25) is 0 Å². The molecule has 0 amide bonds. The molecule has 9 nitrogen and oxygen atoms in total. The predicted molar refractivity (Wildman–Crippen MR) is 136 cm³/mol. The van der Waals surface area contributed by atoms with Crippen molar-refractivity contribution in [3.8, 4) is 0 Å². The number of unbranched alkanes of at least 4 members (excludes halogenated alkanes) is 1. The number of hydrogen-bond donors (Lipinski definition) is 7. The van der Waals surface area contributed by atoms with Crippen molar-refractivity contribution in [3.63, 3.8) is 0 Å². The summed E-state index contributed by atoms with van der Waals surface area (Å²) in [7, 11) is 0. The maximum absolute atomic E-state index is 11.3. The fourth-order valence-corrected chi connectivity index (χ4v) is 3.66. The summed E-state index contributed by atoms with van der Waals surface area (Å²) in [5, 5.41) is 70.3. The van der Waals surface area contributed by atoms with Crippen molar-refractivity contribution < 1.29 is 45.3 Å². The third-order valence-corrected chi connectivity index (χ3v) is 6.16. The SMILES string of the molecule is CC(C)CC/C=C/C=C\CC/C=C/C=C/CC(C)C(O)C(O)C(O)C(O)C(O)C1OC(=O)C(O)C1O. The fourth-order valence-electron chi connectivity index (χ4n) is 3.66. The van der Waals surface area contributed by atoms with E-state index in [1.54, 1.807) is 13.0 Å². The number of esters is 1. The molecule has 1 heterocycles. The van der Waals surface area contributed by atoms with E-state index < -0.39 is 60.7 Å². The lowest BCUT2D eigenvalue weighted by Crippen LogP contribution is -2.55. The summed E-state index contributed by atoms with van der Waals surface area (Å²) in [6.45, 7) is 6.07. The quantitative estimate of drug-likeness (QED) is 0.0903. The summed E-state index contributed by atoms with van der Waals surface area (Å²) >= 11 is 0. The summed E-state index contributed by atoms with van der Waals surface area (Å²) in [6, 6.07) is 0. The smallest absolute Gasteiger partial charge is 0.338 e. The van der Waals surface area contributed by atoms with Crippen LogP contribution < -0.4 is 0 Å². The zero-order chi connectivity index (χ0) is 27.3. The zero-order valence-corrected chi connectivity index (χ0v) is 21.4. The van der Waals surface area contributed by atoms with Crippen LogP contribution in [0.5, 0.6) is 0 Å². The van der Waals surface area contributed by atoms with Gasteiger partial charge in [0, 0.05) is 0 Å². The Morgan fingerprint density at radius 3 is 1.75 bits per heavy atom. The van der Waals surface area contributed by atoms with Gasteiger partial charge in [-0.05, 0) is 43.9 Å². The molecule has 9 atom stereocenters. The largest absolute Gasteiger partial charge is 0.455 e. The van der Waals surface area contributed by atoms with E-state index in [0.29, 0.717) is 12.3 Å². The third kappa shape index (κ3) is 10.6. The molecule has 1 aliphatic rings. The summed E-state index contributed by atoms with van der Waals surface area (Å²) in [5.41, 5.74) is 0. The zero-order valence-electron chi connectivity index (χ0n) is 21.4. The number of ether oxygens (including phenoxy) is 1. The first-order chi connectivity index (χ1) is 17.0. The first-order valence-electron chi connectivity index (χ1n) is 12.6. The number of carbonyl (C=O) groups excluding carboxylic acids is 1. The van der Waals surface area contributed by atoms with Gasteiger partial charge >= 0.3 is 5.97 Å². The van der Waals surface area contributed by atoms with Gasteiger partial charge in [-0.15, -0.1) is 0 Å². The molecular weight excluding hydrogens is 468 g/mol. The van der Waals surface area contributed by atoms with Crippen LogP contribution in [0.3, 0.4) is 0 Å². The van der Waals surface area contributed by atoms with Gasteiger partial charge in [0.25, 0.3) is 0 Å². The van der Waals surface area contributed by atoms with Crippen molar-refractivity contribution in [2.24, 2.45) is 11.8 Å². The molecule has 0 radical (unpaired) electrons. The maximum Gasteiger partial charge on any atom is 0.338 e. The molecule has 0 aromatic carbocycles. The molecule has 36 heavy (non-hydrogen) atoms. The first kappa shape index (κ1) is 32.2. The Bertz CT molecular complexity index is 746. The molecule has 0 aromatic heterocycles. The molecule has 0 bridgehead atoms. The second-order valence-electron chi connectivity index (χ2n) is 9.76. The van der Waals surface area contributed by atoms with E-state index in [4.69, 9.17) is 0 Å². The molecule has 0 spiro atoms.